The van der Waals surface area contributed by atoms with Crippen LogP contribution in [0.15, 0.2) is 72.8 Å². The fourth-order valence-corrected chi connectivity index (χ4v) is 4.38. The molecular formula is C28H27FN4O2. The fourth-order valence-electron chi connectivity index (χ4n) is 4.38. The third kappa shape index (κ3) is 4.94. The van der Waals surface area contributed by atoms with E-state index in [2.05, 4.69) is 10.4 Å². The molecule has 1 heterocycles. The fraction of sp³-hybridized carbons (Fsp3) is 0.250. The molecule has 0 bridgehead atoms. The van der Waals surface area contributed by atoms with Crippen LogP contribution in [0.3, 0.4) is 0 Å². The highest BCUT2D eigenvalue weighted by molar-refractivity contribution is 6.05. The quantitative estimate of drug-likeness (QED) is 0.407. The zero-order valence-corrected chi connectivity index (χ0v) is 19.6. The third-order valence-electron chi connectivity index (χ3n) is 6.42. The van der Waals surface area contributed by atoms with Crippen LogP contribution in [0.25, 0.3) is 22.0 Å². The molecule has 3 aromatic carbocycles. The smallest absolute Gasteiger partial charge is 0.272 e. The van der Waals surface area contributed by atoms with Gasteiger partial charge in [-0.3, -0.25) is 14.3 Å². The minimum Gasteiger partial charge on any atom is -0.349 e. The first-order valence-electron chi connectivity index (χ1n) is 11.9. The Kier molecular flexibility index (Phi) is 6.31. The molecule has 35 heavy (non-hydrogen) atoms. The first-order chi connectivity index (χ1) is 17.0. The summed E-state index contributed by atoms with van der Waals surface area (Å²) >= 11 is 0. The lowest BCUT2D eigenvalue weighted by molar-refractivity contribution is 0.0741. The van der Waals surface area contributed by atoms with Gasteiger partial charge in [-0.2, -0.15) is 5.10 Å². The Balaban J connectivity index is 1.32. The van der Waals surface area contributed by atoms with Gasteiger partial charge in [0.15, 0.2) is 5.69 Å². The number of aromatic nitrogens is 2. The minimum absolute atomic E-state index is 0.0886. The Bertz CT molecular complexity index is 1380. The lowest BCUT2D eigenvalue weighted by Gasteiger charge is -2.24. The Morgan fingerprint density at radius 2 is 1.74 bits per heavy atom. The zero-order valence-electron chi connectivity index (χ0n) is 19.6. The summed E-state index contributed by atoms with van der Waals surface area (Å²) in [7, 11) is 1.81. The molecule has 1 aliphatic rings. The highest BCUT2D eigenvalue weighted by Crippen LogP contribution is 2.31. The SMILES string of the molecule is Cn1nc(C(=O)NCCN(CC2CC2)C(=O)c2ccccc2-c2ccc(F)cc2)c2ccccc21. The molecule has 6 nitrogen and oxygen atoms in total. The number of nitrogens with zero attached hydrogens (tertiary/aromatic N) is 3. The van der Waals surface area contributed by atoms with E-state index in [-0.39, 0.29) is 17.6 Å². The van der Waals surface area contributed by atoms with Crippen LogP contribution in [0.4, 0.5) is 4.39 Å². The van der Waals surface area contributed by atoms with Gasteiger partial charge in [0.25, 0.3) is 11.8 Å². The summed E-state index contributed by atoms with van der Waals surface area (Å²) in [4.78, 5) is 28.3. The highest BCUT2D eigenvalue weighted by Gasteiger charge is 2.28. The van der Waals surface area contributed by atoms with Gasteiger partial charge in [-0.1, -0.05) is 48.5 Å². The minimum atomic E-state index is -0.315. The van der Waals surface area contributed by atoms with E-state index in [0.717, 1.165) is 34.9 Å². The maximum absolute atomic E-state index is 13.6. The molecular weight excluding hydrogens is 443 g/mol. The summed E-state index contributed by atoms with van der Waals surface area (Å²) < 4.78 is 15.1. The van der Waals surface area contributed by atoms with E-state index in [1.165, 1.54) is 12.1 Å². The van der Waals surface area contributed by atoms with E-state index in [4.69, 9.17) is 0 Å². The number of hydrogen-bond donors (Lipinski definition) is 1. The zero-order chi connectivity index (χ0) is 24.4. The summed E-state index contributed by atoms with van der Waals surface area (Å²) in [6.07, 6.45) is 2.21. The van der Waals surface area contributed by atoms with E-state index in [1.54, 1.807) is 22.9 Å². The molecule has 0 radical (unpaired) electrons. The number of nitrogens with one attached hydrogen (secondary N) is 1. The molecule has 0 atom stereocenters. The van der Waals surface area contributed by atoms with E-state index < -0.39 is 0 Å². The van der Waals surface area contributed by atoms with Crippen LogP contribution in [-0.4, -0.2) is 46.1 Å². The van der Waals surface area contributed by atoms with Crippen molar-refractivity contribution in [2.75, 3.05) is 19.6 Å². The van der Waals surface area contributed by atoms with Crippen molar-refractivity contribution in [1.82, 2.24) is 20.0 Å². The monoisotopic (exact) mass is 470 g/mol. The summed E-state index contributed by atoms with van der Waals surface area (Å²) in [6.45, 7) is 1.36. The van der Waals surface area contributed by atoms with Crippen molar-refractivity contribution in [2.24, 2.45) is 13.0 Å². The van der Waals surface area contributed by atoms with Crippen LogP contribution >= 0.6 is 0 Å². The maximum Gasteiger partial charge on any atom is 0.272 e. The van der Waals surface area contributed by atoms with Gasteiger partial charge in [-0.05, 0) is 54.2 Å². The standard InChI is InChI=1S/C28H27FN4O2/c1-32-25-9-5-4-8-24(25)26(31-32)27(34)30-16-17-33(18-19-10-11-19)28(35)23-7-3-2-6-22(23)20-12-14-21(29)15-13-20/h2-9,12-15,19H,10-11,16-18H2,1H3,(H,30,34). The molecule has 178 valence electrons. The van der Waals surface area contributed by atoms with Crippen molar-refractivity contribution in [2.45, 2.75) is 12.8 Å². The molecule has 0 saturated heterocycles. The number of amides is 2. The summed E-state index contributed by atoms with van der Waals surface area (Å²) in [5.41, 5.74) is 3.39. The highest BCUT2D eigenvalue weighted by atomic mass is 19.1. The van der Waals surface area contributed by atoms with E-state index >= 15 is 0 Å². The molecule has 0 unspecified atom stereocenters. The number of hydrogen-bond acceptors (Lipinski definition) is 3. The van der Waals surface area contributed by atoms with Crippen molar-refractivity contribution in [3.8, 4) is 11.1 Å². The number of para-hydroxylation sites is 1. The second-order valence-corrected chi connectivity index (χ2v) is 8.99. The summed E-state index contributed by atoms with van der Waals surface area (Å²) in [6, 6.07) is 21.2. The van der Waals surface area contributed by atoms with Gasteiger partial charge < -0.3 is 10.2 Å². The molecule has 0 spiro atoms. The molecule has 1 aliphatic carbocycles. The molecule has 1 N–H and O–H groups in total. The van der Waals surface area contributed by atoms with Gasteiger partial charge >= 0.3 is 0 Å². The van der Waals surface area contributed by atoms with E-state index in [9.17, 15) is 14.0 Å². The number of benzene rings is 3. The van der Waals surface area contributed by atoms with Crippen LogP contribution in [0, 0.1) is 11.7 Å². The number of carbonyl (C=O) groups excluding carboxylic acids is 2. The topological polar surface area (TPSA) is 67.2 Å². The van der Waals surface area contributed by atoms with Crippen LogP contribution in [0.5, 0.6) is 0 Å². The molecule has 2 amide bonds. The molecule has 0 aliphatic heterocycles. The summed E-state index contributed by atoms with van der Waals surface area (Å²) in [5.74, 6) is -0.168. The Morgan fingerprint density at radius 1 is 1.03 bits per heavy atom. The van der Waals surface area contributed by atoms with Crippen molar-refractivity contribution >= 4 is 22.7 Å². The van der Waals surface area contributed by atoms with Gasteiger partial charge in [0.2, 0.25) is 0 Å². The maximum atomic E-state index is 13.6. The van der Waals surface area contributed by atoms with Crippen LogP contribution in [0.1, 0.15) is 33.7 Å². The molecule has 7 heteroatoms. The average Bonchev–Trinajstić information content (AvgIpc) is 3.64. The molecule has 1 saturated carbocycles. The predicted octanol–water partition coefficient (Wildman–Crippen LogP) is 4.66. The van der Waals surface area contributed by atoms with Gasteiger partial charge in [-0.25, -0.2) is 4.39 Å². The van der Waals surface area contributed by atoms with E-state index in [1.807, 2.05) is 54.4 Å². The Labute approximate surface area is 203 Å². The normalized spacial score (nSPS) is 13.1. The van der Waals surface area contributed by atoms with Gasteiger partial charge in [-0.15, -0.1) is 0 Å². The first-order valence-corrected chi connectivity index (χ1v) is 11.9. The van der Waals surface area contributed by atoms with Crippen molar-refractivity contribution in [3.63, 3.8) is 0 Å². The third-order valence-corrected chi connectivity index (χ3v) is 6.42. The van der Waals surface area contributed by atoms with Crippen molar-refractivity contribution < 1.29 is 14.0 Å². The van der Waals surface area contributed by atoms with Gasteiger partial charge in [0, 0.05) is 37.6 Å². The molecule has 5 rings (SSSR count). The van der Waals surface area contributed by atoms with Crippen molar-refractivity contribution in [1.29, 1.82) is 0 Å². The van der Waals surface area contributed by atoms with Gasteiger partial charge in [0.05, 0.1) is 5.52 Å². The van der Waals surface area contributed by atoms with Gasteiger partial charge in [0.1, 0.15) is 5.82 Å². The summed E-state index contributed by atoms with van der Waals surface area (Å²) in [5, 5.41) is 8.11. The van der Waals surface area contributed by atoms with Crippen LogP contribution in [0.2, 0.25) is 0 Å². The molecule has 1 aromatic heterocycles. The largest absolute Gasteiger partial charge is 0.349 e. The van der Waals surface area contributed by atoms with Crippen LogP contribution < -0.4 is 5.32 Å². The first kappa shape index (κ1) is 22.8. The van der Waals surface area contributed by atoms with Crippen LogP contribution in [-0.2, 0) is 7.05 Å². The lowest BCUT2D eigenvalue weighted by Crippen LogP contribution is -2.40. The molecule has 4 aromatic rings. The number of rotatable bonds is 8. The second-order valence-electron chi connectivity index (χ2n) is 8.99. The molecule has 1 fully saturated rings. The number of aryl methyl sites for hydroxylation is 1. The second kappa shape index (κ2) is 9.70. The predicted molar refractivity (Wildman–Crippen MR) is 134 cm³/mol. The number of carbonyl (C=O) groups is 2. The lowest BCUT2D eigenvalue weighted by atomic mass is 9.98. The Morgan fingerprint density at radius 3 is 2.51 bits per heavy atom. The van der Waals surface area contributed by atoms with Crippen molar-refractivity contribution in [3.05, 3.63) is 89.9 Å². The average molecular weight is 471 g/mol. The van der Waals surface area contributed by atoms with E-state index in [0.29, 0.717) is 36.8 Å². The Hall–Kier alpha value is -4.00. The number of fused-ring (bicyclic) bond motifs is 1. The number of halogens is 1.